The molecule has 8 heteroatoms. The maximum Gasteiger partial charge on any atom is 0.417 e. The van der Waals surface area contributed by atoms with Gasteiger partial charge in [0.25, 0.3) is 0 Å². The van der Waals surface area contributed by atoms with Gasteiger partial charge in [-0.25, -0.2) is 9.59 Å². The van der Waals surface area contributed by atoms with E-state index in [-0.39, 0.29) is 18.1 Å². The SMILES string of the molecule is C=CC(=O)N1CC2(CCN(C(=O)OC(=O)[C@@H](NC)C(C)C)CC2)O[C@H]1C. The lowest BCUT2D eigenvalue weighted by Crippen LogP contribution is -2.50. The first-order chi connectivity index (χ1) is 12.2. The molecular formula is C18H29N3O5. The highest BCUT2D eigenvalue weighted by atomic mass is 16.6. The zero-order valence-electron chi connectivity index (χ0n) is 16.0. The first-order valence-corrected chi connectivity index (χ1v) is 9.01. The van der Waals surface area contributed by atoms with Gasteiger partial charge in [-0.05, 0) is 38.8 Å². The third-order valence-electron chi connectivity index (χ3n) is 5.13. The summed E-state index contributed by atoms with van der Waals surface area (Å²) in [5.41, 5.74) is -0.454. The van der Waals surface area contributed by atoms with E-state index in [9.17, 15) is 14.4 Å². The molecule has 26 heavy (non-hydrogen) atoms. The molecule has 2 aliphatic rings. The first kappa shape index (κ1) is 20.4. The number of amides is 2. The highest BCUT2D eigenvalue weighted by molar-refractivity contribution is 5.88. The van der Waals surface area contributed by atoms with E-state index in [2.05, 4.69) is 11.9 Å². The lowest BCUT2D eigenvalue weighted by Gasteiger charge is -2.37. The Hall–Kier alpha value is -1.93. The molecule has 0 radical (unpaired) electrons. The number of nitrogens with one attached hydrogen (secondary N) is 1. The topological polar surface area (TPSA) is 88.2 Å². The van der Waals surface area contributed by atoms with Gasteiger partial charge in [-0.15, -0.1) is 0 Å². The molecular weight excluding hydrogens is 338 g/mol. The molecule has 2 rings (SSSR count). The highest BCUT2D eigenvalue weighted by Crippen LogP contribution is 2.35. The third-order valence-corrected chi connectivity index (χ3v) is 5.13. The number of piperidine rings is 1. The van der Waals surface area contributed by atoms with Crippen LogP contribution in [0.25, 0.3) is 0 Å². The van der Waals surface area contributed by atoms with E-state index in [1.165, 1.54) is 11.0 Å². The van der Waals surface area contributed by atoms with Crippen LogP contribution in [0.5, 0.6) is 0 Å². The van der Waals surface area contributed by atoms with Crippen LogP contribution >= 0.6 is 0 Å². The molecule has 2 heterocycles. The van der Waals surface area contributed by atoms with E-state index in [0.717, 1.165) is 0 Å². The molecule has 2 atom stereocenters. The lowest BCUT2D eigenvalue weighted by molar-refractivity contribution is -0.142. The van der Waals surface area contributed by atoms with Gasteiger partial charge in [-0.3, -0.25) is 4.79 Å². The predicted octanol–water partition coefficient (Wildman–Crippen LogP) is 1.12. The van der Waals surface area contributed by atoms with Crippen molar-refractivity contribution in [1.82, 2.24) is 15.1 Å². The average Bonchev–Trinajstić information content (AvgIpc) is 2.91. The molecule has 2 aliphatic heterocycles. The minimum Gasteiger partial charge on any atom is -0.375 e. The second-order valence-corrected chi connectivity index (χ2v) is 7.25. The Morgan fingerprint density at radius 3 is 2.42 bits per heavy atom. The number of carbonyl (C=O) groups is 3. The van der Waals surface area contributed by atoms with Crippen molar-refractivity contribution in [2.75, 3.05) is 26.7 Å². The maximum absolute atomic E-state index is 12.3. The Labute approximate surface area is 154 Å². The van der Waals surface area contributed by atoms with Crippen LogP contribution in [0.15, 0.2) is 12.7 Å². The summed E-state index contributed by atoms with van der Waals surface area (Å²) in [6.07, 6.45) is 1.51. The summed E-state index contributed by atoms with van der Waals surface area (Å²) in [6, 6.07) is -0.521. The highest BCUT2D eigenvalue weighted by Gasteiger charge is 2.47. The number of ether oxygens (including phenoxy) is 2. The predicted molar refractivity (Wildman–Crippen MR) is 95.2 cm³/mol. The second-order valence-electron chi connectivity index (χ2n) is 7.25. The number of hydrogen-bond donors (Lipinski definition) is 1. The second kappa shape index (κ2) is 8.18. The van der Waals surface area contributed by atoms with Gasteiger partial charge in [0, 0.05) is 13.1 Å². The van der Waals surface area contributed by atoms with E-state index in [0.29, 0.717) is 32.5 Å². The Balaban J connectivity index is 1.90. The average molecular weight is 367 g/mol. The minimum atomic E-state index is -0.629. The van der Waals surface area contributed by atoms with Crippen LogP contribution in [0.2, 0.25) is 0 Å². The van der Waals surface area contributed by atoms with Crippen LogP contribution in [0.4, 0.5) is 4.79 Å². The first-order valence-electron chi connectivity index (χ1n) is 9.01. The molecule has 1 spiro atoms. The van der Waals surface area contributed by atoms with Crippen molar-refractivity contribution in [3.8, 4) is 0 Å². The minimum absolute atomic E-state index is 0.0201. The van der Waals surface area contributed by atoms with Gasteiger partial charge in [0.05, 0.1) is 12.1 Å². The normalized spacial score (nSPS) is 23.2. The van der Waals surface area contributed by atoms with Crippen LogP contribution < -0.4 is 5.32 Å². The Bertz CT molecular complexity index is 569. The molecule has 2 fully saturated rings. The molecule has 0 aromatic heterocycles. The number of carbonyl (C=O) groups excluding carboxylic acids is 3. The Morgan fingerprint density at radius 1 is 1.31 bits per heavy atom. The van der Waals surface area contributed by atoms with E-state index in [4.69, 9.17) is 9.47 Å². The smallest absolute Gasteiger partial charge is 0.375 e. The fourth-order valence-electron chi connectivity index (χ4n) is 3.59. The van der Waals surface area contributed by atoms with Crippen LogP contribution in [-0.4, -0.2) is 72.3 Å². The number of esters is 1. The lowest BCUT2D eigenvalue weighted by atomic mass is 9.91. The van der Waals surface area contributed by atoms with Crippen LogP contribution in [0.1, 0.15) is 33.6 Å². The fraction of sp³-hybridized carbons (Fsp3) is 0.722. The number of likely N-dealkylation sites (tertiary alicyclic amines) is 1. The van der Waals surface area contributed by atoms with Gasteiger partial charge in [0.2, 0.25) is 5.91 Å². The van der Waals surface area contributed by atoms with Crippen molar-refractivity contribution >= 4 is 18.0 Å². The standard InChI is InChI=1S/C18H29N3O5/c1-6-14(22)21-11-18(26-13(21)4)7-9-20(10-8-18)17(24)25-16(23)15(19-5)12(2)3/h6,12-13,15,19H,1,7-11H2,2-5H3/t13-,15-/m0/s1. The summed E-state index contributed by atoms with van der Waals surface area (Å²) in [5.74, 6) is -0.707. The Kier molecular flexibility index (Phi) is 6.41. The number of nitrogens with zero attached hydrogens (tertiary/aromatic N) is 2. The maximum atomic E-state index is 12.3. The van der Waals surface area contributed by atoms with Crippen molar-refractivity contribution < 1.29 is 23.9 Å². The summed E-state index contributed by atoms with van der Waals surface area (Å²) >= 11 is 0. The van der Waals surface area contributed by atoms with Gasteiger partial charge < -0.3 is 24.6 Å². The summed E-state index contributed by atoms with van der Waals surface area (Å²) in [4.78, 5) is 39.4. The molecule has 146 valence electrons. The van der Waals surface area contributed by atoms with Crippen LogP contribution in [0.3, 0.4) is 0 Å². The summed E-state index contributed by atoms with van der Waals surface area (Å²) in [5, 5.41) is 2.86. The van der Waals surface area contributed by atoms with Gasteiger partial charge in [0.15, 0.2) is 0 Å². The zero-order chi connectivity index (χ0) is 19.5. The quantitative estimate of drug-likeness (QED) is 0.455. The molecule has 0 saturated carbocycles. The van der Waals surface area contributed by atoms with Crippen LogP contribution in [0, 0.1) is 5.92 Å². The van der Waals surface area contributed by atoms with Gasteiger partial charge in [-0.2, -0.15) is 0 Å². The molecule has 2 saturated heterocycles. The van der Waals surface area contributed by atoms with E-state index >= 15 is 0 Å². The molecule has 1 N–H and O–H groups in total. The molecule has 0 unspecified atom stereocenters. The molecule has 0 aromatic carbocycles. The molecule has 2 amide bonds. The summed E-state index contributed by atoms with van der Waals surface area (Å²) in [6.45, 7) is 10.4. The summed E-state index contributed by atoms with van der Waals surface area (Å²) in [7, 11) is 1.66. The van der Waals surface area contributed by atoms with Gasteiger partial charge in [0.1, 0.15) is 12.3 Å². The van der Waals surface area contributed by atoms with Crippen molar-refractivity contribution in [3.63, 3.8) is 0 Å². The van der Waals surface area contributed by atoms with Crippen LogP contribution in [-0.2, 0) is 19.1 Å². The van der Waals surface area contributed by atoms with E-state index in [1.54, 1.807) is 11.9 Å². The zero-order valence-corrected chi connectivity index (χ0v) is 16.0. The number of rotatable bonds is 4. The fourth-order valence-corrected chi connectivity index (χ4v) is 3.59. The number of hydrogen-bond acceptors (Lipinski definition) is 6. The van der Waals surface area contributed by atoms with Crippen molar-refractivity contribution in [2.45, 2.75) is 51.5 Å². The van der Waals surface area contributed by atoms with Crippen molar-refractivity contribution in [2.24, 2.45) is 5.92 Å². The Morgan fingerprint density at radius 2 is 1.92 bits per heavy atom. The molecule has 0 aliphatic carbocycles. The summed E-state index contributed by atoms with van der Waals surface area (Å²) < 4.78 is 11.0. The van der Waals surface area contributed by atoms with E-state index < -0.39 is 23.7 Å². The third kappa shape index (κ3) is 4.24. The largest absolute Gasteiger partial charge is 0.417 e. The van der Waals surface area contributed by atoms with Crippen molar-refractivity contribution in [1.29, 1.82) is 0 Å². The van der Waals surface area contributed by atoms with Gasteiger partial charge >= 0.3 is 12.1 Å². The monoisotopic (exact) mass is 367 g/mol. The molecule has 0 bridgehead atoms. The molecule has 0 aromatic rings. The number of likely N-dealkylation sites (N-methyl/N-ethyl adjacent to an activating group) is 1. The molecule has 8 nitrogen and oxygen atoms in total. The van der Waals surface area contributed by atoms with E-state index in [1.807, 2.05) is 20.8 Å². The van der Waals surface area contributed by atoms with Gasteiger partial charge in [-0.1, -0.05) is 20.4 Å². The van der Waals surface area contributed by atoms with Crippen molar-refractivity contribution in [3.05, 3.63) is 12.7 Å².